The first-order valence-corrected chi connectivity index (χ1v) is 11.4. The fraction of sp³-hybridized carbons (Fsp3) is 0.143. The molecule has 4 aromatic heterocycles. The van der Waals surface area contributed by atoms with Gasteiger partial charge in [-0.1, -0.05) is 30.3 Å². The third-order valence-electron chi connectivity index (χ3n) is 6.01. The van der Waals surface area contributed by atoms with Crippen LogP contribution in [-0.4, -0.2) is 39.2 Å². The van der Waals surface area contributed by atoms with E-state index in [0.29, 0.717) is 11.4 Å². The van der Waals surface area contributed by atoms with E-state index in [1.165, 1.54) is 5.56 Å². The number of rotatable bonds is 6. The highest BCUT2D eigenvalue weighted by Crippen LogP contribution is 2.30. The van der Waals surface area contributed by atoms with E-state index in [-0.39, 0.29) is 0 Å². The van der Waals surface area contributed by atoms with E-state index in [9.17, 15) is 0 Å². The zero-order valence-electron chi connectivity index (χ0n) is 20.3. The molecule has 0 spiro atoms. The molecule has 5 rings (SSSR count). The minimum absolute atomic E-state index is 0.658. The monoisotopic (exact) mass is 461 g/mol. The van der Waals surface area contributed by atoms with Gasteiger partial charge in [0.05, 0.1) is 34.5 Å². The lowest BCUT2D eigenvalue weighted by atomic mass is 10.0. The van der Waals surface area contributed by atoms with Crippen LogP contribution in [0.15, 0.2) is 73.7 Å². The number of pyridine rings is 3. The second-order valence-corrected chi connectivity index (χ2v) is 8.80. The molecule has 0 atom stereocenters. The van der Waals surface area contributed by atoms with Gasteiger partial charge in [-0.3, -0.25) is 15.1 Å². The zero-order chi connectivity index (χ0) is 24.5. The van der Waals surface area contributed by atoms with Crippen LogP contribution in [0.25, 0.3) is 39.2 Å². The van der Waals surface area contributed by atoms with Gasteiger partial charge < -0.3 is 10.2 Å². The van der Waals surface area contributed by atoms with Crippen LogP contribution in [0.3, 0.4) is 0 Å². The van der Waals surface area contributed by atoms with Crippen LogP contribution < -0.4 is 10.2 Å². The lowest BCUT2D eigenvalue weighted by molar-refractivity contribution is 1.10. The van der Waals surface area contributed by atoms with E-state index in [1.54, 1.807) is 0 Å². The summed E-state index contributed by atoms with van der Waals surface area (Å²) in [6.45, 7) is 8.41. The second-order valence-electron chi connectivity index (χ2n) is 8.80. The first-order valence-electron chi connectivity index (χ1n) is 11.4. The molecule has 2 N–H and O–H groups in total. The Bertz CT molecular complexity index is 1550. The molecule has 0 fully saturated rings. The van der Waals surface area contributed by atoms with Crippen molar-refractivity contribution in [3.8, 4) is 22.5 Å². The van der Waals surface area contributed by atoms with Gasteiger partial charge in [0, 0.05) is 43.3 Å². The van der Waals surface area contributed by atoms with E-state index < -0.39 is 0 Å². The van der Waals surface area contributed by atoms with E-state index >= 15 is 0 Å². The summed E-state index contributed by atoms with van der Waals surface area (Å²) >= 11 is 0. The van der Waals surface area contributed by atoms with E-state index in [0.717, 1.165) is 50.5 Å². The molecule has 0 amide bonds. The van der Waals surface area contributed by atoms with Crippen molar-refractivity contribution in [2.75, 3.05) is 24.3 Å². The van der Waals surface area contributed by atoms with Crippen molar-refractivity contribution in [2.24, 2.45) is 0 Å². The Morgan fingerprint density at radius 2 is 1.86 bits per heavy atom. The summed E-state index contributed by atoms with van der Waals surface area (Å²) in [5, 5.41) is 11.0. The predicted octanol–water partition coefficient (Wildman–Crippen LogP) is 5.85. The summed E-state index contributed by atoms with van der Waals surface area (Å²) in [5.74, 6) is 0. The molecule has 0 saturated heterocycles. The van der Waals surface area contributed by atoms with Gasteiger partial charge in [-0.25, -0.2) is 4.98 Å². The number of nitrogens with zero attached hydrogens (tertiary/aromatic N) is 5. The van der Waals surface area contributed by atoms with Crippen molar-refractivity contribution >= 4 is 28.1 Å². The average molecular weight is 462 g/mol. The molecule has 35 heavy (non-hydrogen) atoms. The Labute approximate surface area is 204 Å². The Morgan fingerprint density at radius 3 is 2.66 bits per heavy atom. The third kappa shape index (κ3) is 4.36. The quantitative estimate of drug-likeness (QED) is 0.330. The van der Waals surface area contributed by atoms with Crippen molar-refractivity contribution in [1.82, 2.24) is 25.1 Å². The Hall–Kier alpha value is -4.52. The third-order valence-corrected chi connectivity index (χ3v) is 6.01. The number of H-pyrrole nitrogens is 1. The first kappa shape index (κ1) is 22.3. The van der Waals surface area contributed by atoms with Crippen molar-refractivity contribution in [3.63, 3.8) is 0 Å². The number of anilines is 2. The van der Waals surface area contributed by atoms with Gasteiger partial charge in [0.1, 0.15) is 11.2 Å². The molecule has 7 nitrogen and oxygen atoms in total. The summed E-state index contributed by atoms with van der Waals surface area (Å²) < 4.78 is 0. The van der Waals surface area contributed by atoms with Crippen molar-refractivity contribution < 1.29 is 0 Å². The number of hydrogen-bond donors (Lipinski definition) is 2. The largest absolute Gasteiger partial charge is 0.376 e. The van der Waals surface area contributed by atoms with Crippen LogP contribution in [0.5, 0.6) is 0 Å². The van der Waals surface area contributed by atoms with Crippen LogP contribution in [-0.2, 0) is 0 Å². The highest BCUT2D eigenvalue weighted by atomic mass is 15.1. The normalized spacial score (nSPS) is 11.0. The lowest BCUT2D eigenvalue weighted by Crippen LogP contribution is -2.08. The van der Waals surface area contributed by atoms with Gasteiger partial charge in [0.15, 0.2) is 0 Å². The smallest absolute Gasteiger partial charge is 0.134 e. The number of nitrogens with one attached hydrogen (secondary N) is 2. The molecule has 0 aliphatic heterocycles. The highest BCUT2D eigenvalue weighted by Gasteiger charge is 2.15. The average Bonchev–Trinajstić information content (AvgIpc) is 3.29. The Kier molecular flexibility index (Phi) is 5.74. The maximum Gasteiger partial charge on any atom is 0.134 e. The molecule has 0 bridgehead atoms. The van der Waals surface area contributed by atoms with Crippen LogP contribution in [0, 0.1) is 13.8 Å². The summed E-state index contributed by atoms with van der Waals surface area (Å²) in [6.07, 6.45) is 5.46. The molecule has 0 aliphatic rings. The van der Waals surface area contributed by atoms with E-state index in [1.807, 2.05) is 61.9 Å². The molecular formula is C28H27N7. The molecular weight excluding hydrogens is 434 g/mol. The molecule has 174 valence electrons. The summed E-state index contributed by atoms with van der Waals surface area (Å²) in [5.41, 5.74) is 10.9. The van der Waals surface area contributed by atoms with Gasteiger partial charge in [0.25, 0.3) is 0 Å². The van der Waals surface area contributed by atoms with Crippen molar-refractivity contribution in [1.29, 1.82) is 0 Å². The van der Waals surface area contributed by atoms with Crippen molar-refractivity contribution in [2.45, 2.75) is 13.8 Å². The van der Waals surface area contributed by atoms with Crippen LogP contribution >= 0.6 is 0 Å². The Morgan fingerprint density at radius 1 is 1.00 bits per heavy atom. The number of aromatic amines is 1. The van der Waals surface area contributed by atoms with Gasteiger partial charge in [0.2, 0.25) is 0 Å². The maximum atomic E-state index is 4.90. The van der Waals surface area contributed by atoms with Crippen LogP contribution in [0.4, 0.5) is 11.4 Å². The van der Waals surface area contributed by atoms with Gasteiger partial charge >= 0.3 is 0 Å². The van der Waals surface area contributed by atoms with Gasteiger partial charge in [-0.15, -0.1) is 0 Å². The summed E-state index contributed by atoms with van der Waals surface area (Å²) in [7, 11) is 3.99. The standard InChI is InChI=1S/C28H27N7/c1-17-7-6-8-20(13-17)26-18(2)23(11-12-30-26)31-19(3)27-28-25(33-34-27)10-9-24(32-28)21-14-22(35(4)5)16-29-15-21/h6-16H,3H2,1-2,4-5H3,(H,30,31)(H,33,34). The topological polar surface area (TPSA) is 82.6 Å². The lowest BCUT2D eigenvalue weighted by Gasteiger charge is -2.14. The van der Waals surface area contributed by atoms with Crippen LogP contribution in [0.1, 0.15) is 16.8 Å². The number of benzene rings is 1. The number of aromatic nitrogens is 5. The zero-order valence-corrected chi connectivity index (χ0v) is 20.3. The van der Waals surface area contributed by atoms with Crippen molar-refractivity contribution in [3.05, 3.63) is 90.5 Å². The summed E-state index contributed by atoms with van der Waals surface area (Å²) in [6, 6.07) is 16.3. The molecule has 0 aliphatic carbocycles. The first-order chi connectivity index (χ1) is 16.9. The van der Waals surface area contributed by atoms with E-state index in [4.69, 9.17) is 4.98 Å². The molecule has 0 radical (unpaired) electrons. The Balaban J connectivity index is 1.48. The van der Waals surface area contributed by atoms with Gasteiger partial charge in [-0.2, -0.15) is 5.10 Å². The molecule has 4 heterocycles. The maximum absolute atomic E-state index is 4.90. The second kappa shape index (κ2) is 9.02. The predicted molar refractivity (Wildman–Crippen MR) is 143 cm³/mol. The molecule has 0 unspecified atom stereocenters. The molecule has 5 aromatic rings. The fourth-order valence-corrected chi connectivity index (χ4v) is 4.06. The molecule has 7 heteroatoms. The molecule has 1 aromatic carbocycles. The van der Waals surface area contributed by atoms with E-state index in [2.05, 4.69) is 70.2 Å². The van der Waals surface area contributed by atoms with Gasteiger partial charge in [-0.05, 0) is 49.7 Å². The molecule has 0 saturated carbocycles. The summed E-state index contributed by atoms with van der Waals surface area (Å²) in [4.78, 5) is 15.9. The minimum Gasteiger partial charge on any atom is -0.376 e. The fourth-order valence-electron chi connectivity index (χ4n) is 4.06. The number of fused-ring (bicyclic) bond motifs is 1. The highest BCUT2D eigenvalue weighted by molar-refractivity contribution is 5.91. The number of hydrogen-bond acceptors (Lipinski definition) is 6. The SMILES string of the molecule is C=C(Nc1ccnc(-c2cccc(C)c2)c1C)c1n[nH]c2ccc(-c3cncc(N(C)C)c3)nc12. The van der Waals surface area contributed by atoms with Crippen LogP contribution in [0.2, 0.25) is 0 Å². The minimum atomic E-state index is 0.658. The number of aryl methyl sites for hydroxylation is 1.